The van der Waals surface area contributed by atoms with Gasteiger partial charge in [-0.15, -0.1) is 5.10 Å². The molecule has 0 saturated carbocycles. The molecule has 0 spiro atoms. The Hall–Kier alpha value is -2.18. The van der Waals surface area contributed by atoms with Crippen molar-refractivity contribution < 1.29 is 14.3 Å². The summed E-state index contributed by atoms with van der Waals surface area (Å²) in [6.07, 6.45) is 7.43. The van der Waals surface area contributed by atoms with Gasteiger partial charge >= 0.3 is 0 Å². The first-order chi connectivity index (χ1) is 12.7. The lowest BCUT2D eigenvalue weighted by atomic mass is 9.96. The molecule has 0 bridgehead atoms. The van der Waals surface area contributed by atoms with E-state index in [1.807, 2.05) is 11.0 Å². The SMILES string of the molecule is O=C1CCC(C(=O)N2CCC(COc3cc4c(nn3)CCCC4)CC2)N1. The predicted octanol–water partition coefficient (Wildman–Crippen LogP) is 1.25. The van der Waals surface area contributed by atoms with Gasteiger partial charge in [-0.25, -0.2) is 0 Å². The Kier molecular flexibility index (Phi) is 5.04. The quantitative estimate of drug-likeness (QED) is 0.876. The van der Waals surface area contributed by atoms with E-state index in [2.05, 4.69) is 15.5 Å². The highest BCUT2D eigenvalue weighted by atomic mass is 16.5. The van der Waals surface area contributed by atoms with Gasteiger partial charge in [-0.3, -0.25) is 9.59 Å². The normalized spacial score (nSPS) is 23.5. The zero-order chi connectivity index (χ0) is 17.9. The molecule has 1 unspecified atom stereocenters. The average molecular weight is 358 g/mol. The first kappa shape index (κ1) is 17.2. The van der Waals surface area contributed by atoms with Gasteiger partial charge in [0, 0.05) is 25.6 Å². The summed E-state index contributed by atoms with van der Waals surface area (Å²) in [5.74, 6) is 1.10. The summed E-state index contributed by atoms with van der Waals surface area (Å²) in [4.78, 5) is 25.6. The number of aromatic nitrogens is 2. The summed E-state index contributed by atoms with van der Waals surface area (Å²) in [5, 5.41) is 11.3. The van der Waals surface area contributed by atoms with Crippen molar-refractivity contribution in [3.05, 3.63) is 17.3 Å². The van der Waals surface area contributed by atoms with Crippen LogP contribution in [0.25, 0.3) is 0 Å². The standard InChI is InChI=1S/C19H26N4O3/c24-17-6-5-16(20-17)19(25)23-9-7-13(8-10-23)12-26-18-11-14-3-1-2-4-15(14)21-22-18/h11,13,16H,1-10,12H2,(H,20,24). The second-order valence-corrected chi connectivity index (χ2v) is 7.60. The lowest BCUT2D eigenvalue weighted by Crippen LogP contribution is -2.48. The third kappa shape index (κ3) is 3.81. The number of nitrogens with one attached hydrogen (secondary N) is 1. The van der Waals surface area contributed by atoms with Crippen molar-refractivity contribution in [1.82, 2.24) is 20.4 Å². The first-order valence-corrected chi connectivity index (χ1v) is 9.75. The van der Waals surface area contributed by atoms with Crippen LogP contribution in [0.4, 0.5) is 0 Å². The summed E-state index contributed by atoms with van der Waals surface area (Å²) in [6.45, 7) is 2.08. The van der Waals surface area contributed by atoms with E-state index in [1.165, 1.54) is 18.4 Å². The Morgan fingerprint density at radius 1 is 1.15 bits per heavy atom. The van der Waals surface area contributed by atoms with Crippen LogP contribution < -0.4 is 10.1 Å². The molecule has 1 N–H and O–H groups in total. The molecule has 140 valence electrons. The molecule has 2 saturated heterocycles. The van der Waals surface area contributed by atoms with E-state index in [-0.39, 0.29) is 17.9 Å². The number of rotatable bonds is 4. The van der Waals surface area contributed by atoms with E-state index in [0.29, 0.717) is 31.2 Å². The smallest absolute Gasteiger partial charge is 0.245 e. The van der Waals surface area contributed by atoms with Gasteiger partial charge in [0.05, 0.1) is 12.3 Å². The van der Waals surface area contributed by atoms with Crippen LogP contribution in [-0.2, 0) is 22.4 Å². The van der Waals surface area contributed by atoms with Gasteiger partial charge in [0.1, 0.15) is 6.04 Å². The van der Waals surface area contributed by atoms with Crippen LogP contribution in [0.2, 0.25) is 0 Å². The molecular formula is C19H26N4O3. The van der Waals surface area contributed by atoms with Crippen LogP contribution >= 0.6 is 0 Å². The Morgan fingerprint density at radius 2 is 1.96 bits per heavy atom. The molecule has 7 nitrogen and oxygen atoms in total. The maximum atomic E-state index is 12.4. The number of carbonyl (C=O) groups is 2. The highest BCUT2D eigenvalue weighted by molar-refractivity contribution is 5.90. The van der Waals surface area contributed by atoms with Gasteiger partial charge in [-0.2, -0.15) is 5.10 Å². The molecule has 1 aliphatic carbocycles. The zero-order valence-corrected chi connectivity index (χ0v) is 15.1. The van der Waals surface area contributed by atoms with Gasteiger partial charge in [0.15, 0.2) is 0 Å². The minimum Gasteiger partial charge on any atom is -0.476 e. The van der Waals surface area contributed by atoms with E-state index >= 15 is 0 Å². The molecule has 3 heterocycles. The molecule has 0 aromatic carbocycles. The van der Waals surface area contributed by atoms with Crippen molar-refractivity contribution in [1.29, 1.82) is 0 Å². The Labute approximate surface area is 153 Å². The molecule has 1 atom stereocenters. The predicted molar refractivity (Wildman–Crippen MR) is 94.6 cm³/mol. The molecule has 7 heteroatoms. The molecule has 26 heavy (non-hydrogen) atoms. The number of hydrogen-bond acceptors (Lipinski definition) is 5. The van der Waals surface area contributed by atoms with E-state index in [9.17, 15) is 9.59 Å². The van der Waals surface area contributed by atoms with Crippen LogP contribution in [0.1, 0.15) is 49.8 Å². The molecule has 3 aliphatic rings. The van der Waals surface area contributed by atoms with Crippen molar-refractivity contribution >= 4 is 11.8 Å². The van der Waals surface area contributed by atoms with Crippen LogP contribution in [0, 0.1) is 5.92 Å². The number of likely N-dealkylation sites (tertiary alicyclic amines) is 1. The number of nitrogens with zero attached hydrogens (tertiary/aromatic N) is 3. The fraction of sp³-hybridized carbons (Fsp3) is 0.684. The van der Waals surface area contributed by atoms with E-state index in [0.717, 1.165) is 44.5 Å². The Morgan fingerprint density at radius 3 is 2.73 bits per heavy atom. The highest BCUT2D eigenvalue weighted by Gasteiger charge is 2.32. The third-order valence-electron chi connectivity index (χ3n) is 5.73. The van der Waals surface area contributed by atoms with Crippen molar-refractivity contribution in [2.24, 2.45) is 5.92 Å². The van der Waals surface area contributed by atoms with Gasteiger partial charge < -0.3 is 15.0 Å². The Balaban J connectivity index is 1.24. The first-order valence-electron chi connectivity index (χ1n) is 9.75. The monoisotopic (exact) mass is 358 g/mol. The second-order valence-electron chi connectivity index (χ2n) is 7.60. The average Bonchev–Trinajstić information content (AvgIpc) is 3.12. The van der Waals surface area contributed by atoms with Crippen molar-refractivity contribution in [3.63, 3.8) is 0 Å². The number of amides is 2. The van der Waals surface area contributed by atoms with E-state index in [1.54, 1.807) is 0 Å². The number of ether oxygens (including phenoxy) is 1. The van der Waals surface area contributed by atoms with Crippen LogP contribution in [-0.4, -0.2) is 52.6 Å². The summed E-state index contributed by atoms with van der Waals surface area (Å²) < 4.78 is 5.89. The maximum absolute atomic E-state index is 12.4. The maximum Gasteiger partial charge on any atom is 0.245 e. The topological polar surface area (TPSA) is 84.4 Å². The minimum atomic E-state index is -0.318. The lowest BCUT2D eigenvalue weighted by Gasteiger charge is -2.33. The van der Waals surface area contributed by atoms with E-state index < -0.39 is 0 Å². The number of hydrogen-bond donors (Lipinski definition) is 1. The summed E-state index contributed by atoms with van der Waals surface area (Å²) >= 11 is 0. The van der Waals surface area contributed by atoms with Crippen LogP contribution in [0.5, 0.6) is 5.88 Å². The zero-order valence-electron chi connectivity index (χ0n) is 15.1. The molecule has 2 amide bonds. The fourth-order valence-corrected chi connectivity index (χ4v) is 4.08. The minimum absolute atomic E-state index is 0.0159. The van der Waals surface area contributed by atoms with Gasteiger partial charge in [0.2, 0.25) is 17.7 Å². The molecule has 2 fully saturated rings. The number of aryl methyl sites for hydroxylation is 2. The summed E-state index contributed by atoms with van der Waals surface area (Å²) in [6, 6.07) is 1.73. The molecule has 0 radical (unpaired) electrons. The van der Waals surface area contributed by atoms with Crippen LogP contribution in [0.15, 0.2) is 6.07 Å². The largest absolute Gasteiger partial charge is 0.476 e. The molecule has 2 aliphatic heterocycles. The highest BCUT2D eigenvalue weighted by Crippen LogP contribution is 2.23. The molecular weight excluding hydrogens is 332 g/mol. The number of carbonyl (C=O) groups excluding carboxylic acids is 2. The summed E-state index contributed by atoms with van der Waals surface area (Å²) in [7, 11) is 0. The molecule has 4 rings (SSSR count). The van der Waals surface area contributed by atoms with Crippen molar-refractivity contribution in [2.45, 2.75) is 57.4 Å². The van der Waals surface area contributed by atoms with Gasteiger partial charge in [0.25, 0.3) is 0 Å². The molecule has 1 aromatic heterocycles. The molecule has 1 aromatic rings. The fourth-order valence-electron chi connectivity index (χ4n) is 4.08. The van der Waals surface area contributed by atoms with Crippen LogP contribution in [0.3, 0.4) is 0 Å². The lowest BCUT2D eigenvalue weighted by molar-refractivity contribution is -0.135. The number of piperidine rings is 1. The van der Waals surface area contributed by atoms with Crippen molar-refractivity contribution in [3.8, 4) is 5.88 Å². The van der Waals surface area contributed by atoms with Crippen molar-refractivity contribution in [2.75, 3.05) is 19.7 Å². The van der Waals surface area contributed by atoms with Gasteiger partial charge in [-0.05, 0) is 56.4 Å². The van der Waals surface area contributed by atoms with E-state index in [4.69, 9.17) is 4.74 Å². The third-order valence-corrected chi connectivity index (χ3v) is 5.73. The number of fused-ring (bicyclic) bond motifs is 1. The van der Waals surface area contributed by atoms with Gasteiger partial charge in [-0.1, -0.05) is 0 Å². The second kappa shape index (κ2) is 7.60. The Bertz CT molecular complexity index is 685. The summed E-state index contributed by atoms with van der Waals surface area (Å²) in [5.41, 5.74) is 2.40.